The number of carboxylic acid groups (broad SMARTS) is 1. The van der Waals surface area contributed by atoms with E-state index in [1.807, 2.05) is 14.0 Å². The Kier molecular flexibility index (Phi) is 5.61. The van der Waals surface area contributed by atoms with E-state index in [2.05, 4.69) is 15.3 Å². The van der Waals surface area contributed by atoms with Gasteiger partial charge in [0.25, 0.3) is 0 Å². The van der Waals surface area contributed by atoms with Crippen LogP contribution in [0.1, 0.15) is 24.1 Å². The Morgan fingerprint density at radius 2 is 2.33 bits per heavy atom. The number of piperidine rings is 1. The molecule has 1 fully saturated rings. The van der Waals surface area contributed by atoms with Crippen molar-refractivity contribution in [3.63, 3.8) is 0 Å². The summed E-state index contributed by atoms with van der Waals surface area (Å²) in [6, 6.07) is 0. The van der Waals surface area contributed by atoms with Crippen LogP contribution in [0.4, 0.5) is 0 Å². The van der Waals surface area contributed by atoms with Gasteiger partial charge in [-0.25, -0.2) is 0 Å². The molecule has 2 heterocycles. The van der Waals surface area contributed by atoms with Gasteiger partial charge in [-0.1, -0.05) is 11.6 Å². The van der Waals surface area contributed by atoms with E-state index < -0.39 is 5.97 Å². The first-order valence-electron chi connectivity index (χ1n) is 7.30. The van der Waals surface area contributed by atoms with Crippen molar-refractivity contribution >= 4 is 17.6 Å². The molecular formula is C14H23ClN4O2. The summed E-state index contributed by atoms with van der Waals surface area (Å²) in [5, 5.41) is 16.7. The van der Waals surface area contributed by atoms with Crippen LogP contribution in [-0.4, -0.2) is 51.9 Å². The molecule has 0 saturated carbocycles. The maximum atomic E-state index is 10.5. The number of carboxylic acids is 1. The lowest BCUT2D eigenvalue weighted by Gasteiger charge is -2.32. The molecule has 1 atom stereocenters. The fourth-order valence-electron chi connectivity index (χ4n) is 2.92. The number of nitrogens with one attached hydrogen (secondary N) is 1. The molecular weight excluding hydrogens is 292 g/mol. The highest BCUT2D eigenvalue weighted by Gasteiger charge is 2.22. The maximum absolute atomic E-state index is 10.5. The average Bonchev–Trinajstić information content (AvgIpc) is 2.66. The Hall–Kier alpha value is -1.11. The van der Waals surface area contributed by atoms with Crippen LogP contribution in [0.25, 0.3) is 0 Å². The van der Waals surface area contributed by atoms with E-state index in [0.717, 1.165) is 50.3 Å². The Balaban J connectivity index is 1.87. The Morgan fingerprint density at radius 1 is 1.57 bits per heavy atom. The van der Waals surface area contributed by atoms with Crippen LogP contribution in [-0.2, 0) is 18.4 Å². The second-order valence-corrected chi connectivity index (χ2v) is 6.10. The van der Waals surface area contributed by atoms with Gasteiger partial charge in [-0.15, -0.1) is 0 Å². The molecule has 0 radical (unpaired) electrons. The van der Waals surface area contributed by atoms with Crippen LogP contribution in [0.15, 0.2) is 0 Å². The summed E-state index contributed by atoms with van der Waals surface area (Å²) in [7, 11) is 1.85. The second kappa shape index (κ2) is 7.24. The van der Waals surface area contributed by atoms with Crippen molar-refractivity contribution in [1.82, 2.24) is 20.0 Å². The van der Waals surface area contributed by atoms with Gasteiger partial charge in [-0.2, -0.15) is 5.10 Å². The molecule has 0 aromatic carbocycles. The van der Waals surface area contributed by atoms with Crippen LogP contribution in [0.5, 0.6) is 0 Å². The largest absolute Gasteiger partial charge is 0.480 e. The summed E-state index contributed by atoms with van der Waals surface area (Å²) in [5.41, 5.74) is 2.08. The van der Waals surface area contributed by atoms with Gasteiger partial charge >= 0.3 is 5.97 Å². The molecule has 1 aliphatic rings. The highest BCUT2D eigenvalue weighted by molar-refractivity contribution is 6.30. The molecule has 0 aliphatic carbocycles. The Labute approximate surface area is 130 Å². The SMILES string of the molecule is Cc1nn(C)c(Cl)c1CN1CCCC(CNCC(=O)O)C1. The number of likely N-dealkylation sites (tertiary alicyclic amines) is 1. The van der Waals surface area contributed by atoms with Crippen molar-refractivity contribution in [3.05, 3.63) is 16.4 Å². The summed E-state index contributed by atoms with van der Waals surface area (Å²) in [6.07, 6.45) is 2.28. The van der Waals surface area contributed by atoms with Gasteiger partial charge in [0.2, 0.25) is 0 Å². The molecule has 1 saturated heterocycles. The quantitative estimate of drug-likeness (QED) is 0.827. The number of aliphatic carboxylic acids is 1. The van der Waals surface area contributed by atoms with Crippen LogP contribution < -0.4 is 5.32 Å². The third-order valence-electron chi connectivity index (χ3n) is 3.96. The molecule has 2 N–H and O–H groups in total. The summed E-state index contributed by atoms with van der Waals surface area (Å²) in [6.45, 7) is 5.61. The third-order valence-corrected chi connectivity index (χ3v) is 4.44. The van der Waals surface area contributed by atoms with E-state index in [4.69, 9.17) is 16.7 Å². The zero-order chi connectivity index (χ0) is 15.4. The summed E-state index contributed by atoms with van der Waals surface area (Å²) < 4.78 is 1.71. The second-order valence-electron chi connectivity index (χ2n) is 5.75. The maximum Gasteiger partial charge on any atom is 0.317 e. The summed E-state index contributed by atoms with van der Waals surface area (Å²) >= 11 is 6.28. The number of hydrogen-bond acceptors (Lipinski definition) is 4. The number of hydrogen-bond donors (Lipinski definition) is 2. The molecule has 0 spiro atoms. The lowest BCUT2D eigenvalue weighted by molar-refractivity contribution is -0.136. The van der Waals surface area contributed by atoms with E-state index in [1.165, 1.54) is 0 Å². The van der Waals surface area contributed by atoms with Gasteiger partial charge in [0.05, 0.1) is 12.2 Å². The number of nitrogens with zero attached hydrogens (tertiary/aromatic N) is 3. The van der Waals surface area contributed by atoms with E-state index in [9.17, 15) is 4.79 Å². The lowest BCUT2D eigenvalue weighted by atomic mass is 9.97. The van der Waals surface area contributed by atoms with Gasteiger partial charge in [-0.05, 0) is 38.8 Å². The minimum absolute atomic E-state index is 0.0318. The van der Waals surface area contributed by atoms with Gasteiger partial charge in [0.1, 0.15) is 5.15 Å². The van der Waals surface area contributed by atoms with E-state index in [-0.39, 0.29) is 6.54 Å². The molecule has 1 aromatic heterocycles. The molecule has 0 amide bonds. The van der Waals surface area contributed by atoms with Crippen LogP contribution >= 0.6 is 11.6 Å². The van der Waals surface area contributed by atoms with Crippen molar-refractivity contribution in [2.24, 2.45) is 13.0 Å². The fraction of sp³-hybridized carbons (Fsp3) is 0.714. The smallest absolute Gasteiger partial charge is 0.317 e. The van der Waals surface area contributed by atoms with Gasteiger partial charge in [0, 0.05) is 25.7 Å². The summed E-state index contributed by atoms with van der Waals surface area (Å²) in [5.74, 6) is -0.311. The number of halogens is 1. The number of rotatable bonds is 6. The predicted octanol–water partition coefficient (Wildman–Crippen LogP) is 1.27. The molecule has 1 unspecified atom stereocenters. The molecule has 118 valence electrons. The van der Waals surface area contributed by atoms with E-state index >= 15 is 0 Å². The number of aryl methyl sites for hydroxylation is 2. The van der Waals surface area contributed by atoms with E-state index in [1.54, 1.807) is 4.68 Å². The normalized spacial score (nSPS) is 19.9. The zero-order valence-electron chi connectivity index (χ0n) is 12.6. The van der Waals surface area contributed by atoms with Crippen LogP contribution in [0, 0.1) is 12.8 Å². The third kappa shape index (κ3) is 4.43. The lowest BCUT2D eigenvalue weighted by Crippen LogP contribution is -2.40. The van der Waals surface area contributed by atoms with Crippen molar-refractivity contribution in [1.29, 1.82) is 0 Å². The van der Waals surface area contributed by atoms with Crippen molar-refractivity contribution in [2.75, 3.05) is 26.2 Å². The minimum Gasteiger partial charge on any atom is -0.480 e. The minimum atomic E-state index is -0.805. The number of carbonyl (C=O) groups is 1. The standard InChI is InChI=1S/C14H23ClN4O2/c1-10-12(14(15)18(2)17-10)9-19-5-3-4-11(8-19)6-16-7-13(20)21/h11,16H,3-9H2,1-2H3,(H,20,21). The fourth-order valence-corrected chi connectivity index (χ4v) is 3.16. The van der Waals surface area contributed by atoms with Gasteiger partial charge < -0.3 is 10.4 Å². The van der Waals surface area contributed by atoms with Crippen LogP contribution in [0.2, 0.25) is 5.15 Å². The Bertz CT molecular complexity index is 503. The highest BCUT2D eigenvalue weighted by Crippen LogP contribution is 2.23. The zero-order valence-corrected chi connectivity index (χ0v) is 13.4. The van der Waals surface area contributed by atoms with Crippen molar-refractivity contribution in [3.8, 4) is 0 Å². The van der Waals surface area contributed by atoms with Gasteiger partial charge in [0.15, 0.2) is 0 Å². The first-order valence-corrected chi connectivity index (χ1v) is 7.68. The average molecular weight is 315 g/mol. The first kappa shape index (κ1) is 16.3. The first-order chi connectivity index (χ1) is 9.97. The topological polar surface area (TPSA) is 70.4 Å². The van der Waals surface area contributed by atoms with Crippen LogP contribution in [0.3, 0.4) is 0 Å². The highest BCUT2D eigenvalue weighted by atomic mass is 35.5. The molecule has 2 rings (SSSR count). The molecule has 1 aromatic rings. The molecule has 6 nitrogen and oxygen atoms in total. The monoisotopic (exact) mass is 314 g/mol. The van der Waals surface area contributed by atoms with E-state index in [0.29, 0.717) is 11.1 Å². The predicted molar refractivity (Wildman–Crippen MR) is 81.5 cm³/mol. The molecule has 1 aliphatic heterocycles. The molecule has 7 heteroatoms. The molecule has 0 bridgehead atoms. The number of aromatic nitrogens is 2. The van der Waals surface area contributed by atoms with Crippen molar-refractivity contribution < 1.29 is 9.90 Å². The Morgan fingerprint density at radius 3 is 2.95 bits per heavy atom. The van der Waals surface area contributed by atoms with Gasteiger partial charge in [-0.3, -0.25) is 14.4 Å². The van der Waals surface area contributed by atoms with Crippen molar-refractivity contribution in [2.45, 2.75) is 26.3 Å². The molecule has 21 heavy (non-hydrogen) atoms. The summed E-state index contributed by atoms with van der Waals surface area (Å²) in [4.78, 5) is 12.9.